The summed E-state index contributed by atoms with van der Waals surface area (Å²) in [6.07, 6.45) is 2.37. The van der Waals surface area contributed by atoms with E-state index in [0.29, 0.717) is 24.0 Å². The zero-order valence-electron chi connectivity index (χ0n) is 12.5. The maximum absolute atomic E-state index is 12.4. The van der Waals surface area contributed by atoms with Crippen molar-refractivity contribution in [1.82, 2.24) is 14.9 Å². The average molecular weight is 317 g/mol. The van der Waals surface area contributed by atoms with Gasteiger partial charge in [-0.3, -0.25) is 4.79 Å². The van der Waals surface area contributed by atoms with Gasteiger partial charge in [-0.05, 0) is 24.5 Å². The lowest BCUT2D eigenvalue weighted by atomic mass is 10.0. The number of imidazole rings is 1. The first kappa shape index (κ1) is 15.0. The summed E-state index contributed by atoms with van der Waals surface area (Å²) in [5.41, 5.74) is 2.65. The Bertz CT molecular complexity index is 722. The molecule has 0 unspecified atom stereocenters. The zero-order valence-corrected chi connectivity index (χ0v) is 13.3. The Labute approximate surface area is 133 Å². The molecule has 1 amide bonds. The number of aromatic amines is 2. The minimum atomic E-state index is -0.342. The van der Waals surface area contributed by atoms with E-state index >= 15 is 0 Å². The average Bonchev–Trinajstić information content (AvgIpc) is 2.81. The van der Waals surface area contributed by atoms with Gasteiger partial charge in [0, 0.05) is 30.3 Å². The number of benzene rings is 1. The number of aromatic nitrogens is 2. The van der Waals surface area contributed by atoms with Crippen LogP contribution in [0.4, 0.5) is 0 Å². The Balaban J connectivity index is 1.71. The minimum Gasteiger partial charge on any atom is -0.336 e. The molecule has 0 spiro atoms. The molecule has 0 saturated carbocycles. The van der Waals surface area contributed by atoms with Crippen LogP contribution in [0.5, 0.6) is 0 Å². The molecule has 1 aliphatic rings. The molecule has 1 aromatic carbocycles. The summed E-state index contributed by atoms with van der Waals surface area (Å²) in [7, 11) is 0. The number of hydrogen-bond donors (Lipinski definition) is 2. The van der Waals surface area contributed by atoms with E-state index in [1.807, 2.05) is 16.7 Å². The minimum absolute atomic E-state index is 0.107. The van der Waals surface area contributed by atoms with Gasteiger partial charge < -0.3 is 14.9 Å². The van der Waals surface area contributed by atoms with Gasteiger partial charge in [0.15, 0.2) is 0 Å². The van der Waals surface area contributed by atoms with E-state index in [1.54, 1.807) is 0 Å². The fourth-order valence-corrected chi connectivity index (χ4v) is 4.11. The second-order valence-corrected chi connectivity index (χ2v) is 6.76. The summed E-state index contributed by atoms with van der Waals surface area (Å²) in [4.78, 5) is 30.4. The van der Waals surface area contributed by atoms with E-state index in [-0.39, 0.29) is 11.6 Å². The number of nitrogens with zero attached hydrogens (tertiary/aromatic N) is 1. The SMILES string of the molecule is Cc1ccccc1[C@@H]1CCN(C(=O)c2c[nH]c(=O)[nH]2)CCS1. The molecule has 3 rings (SSSR count). The van der Waals surface area contributed by atoms with Gasteiger partial charge in [0.05, 0.1) is 0 Å². The molecular weight excluding hydrogens is 298 g/mol. The largest absolute Gasteiger partial charge is 0.336 e. The highest BCUT2D eigenvalue weighted by atomic mass is 32.2. The van der Waals surface area contributed by atoms with Crippen LogP contribution in [0.15, 0.2) is 35.3 Å². The number of nitrogens with one attached hydrogen (secondary N) is 2. The van der Waals surface area contributed by atoms with E-state index in [9.17, 15) is 9.59 Å². The van der Waals surface area contributed by atoms with Crippen LogP contribution in [0.25, 0.3) is 0 Å². The summed E-state index contributed by atoms with van der Waals surface area (Å²) in [5.74, 6) is 0.795. The number of hydrogen-bond acceptors (Lipinski definition) is 3. The molecule has 0 aliphatic carbocycles. The second kappa shape index (κ2) is 6.44. The molecule has 2 heterocycles. The number of aryl methyl sites for hydroxylation is 1. The molecule has 5 nitrogen and oxygen atoms in total. The number of carbonyl (C=O) groups is 1. The fourth-order valence-electron chi connectivity index (χ4n) is 2.79. The van der Waals surface area contributed by atoms with Crippen molar-refractivity contribution in [2.45, 2.75) is 18.6 Å². The van der Waals surface area contributed by atoms with Gasteiger partial charge in [-0.2, -0.15) is 11.8 Å². The monoisotopic (exact) mass is 317 g/mol. The number of H-pyrrole nitrogens is 2. The predicted octanol–water partition coefficient (Wildman–Crippen LogP) is 2.33. The number of rotatable bonds is 2. The first-order chi connectivity index (χ1) is 10.6. The van der Waals surface area contributed by atoms with Gasteiger partial charge in [0.2, 0.25) is 0 Å². The van der Waals surface area contributed by atoms with Crippen molar-refractivity contribution in [3.05, 3.63) is 57.8 Å². The topological polar surface area (TPSA) is 69.0 Å². The highest BCUT2D eigenvalue weighted by Gasteiger charge is 2.24. The number of thioether (sulfide) groups is 1. The molecule has 2 N–H and O–H groups in total. The van der Waals surface area contributed by atoms with Crippen LogP contribution in [0.2, 0.25) is 0 Å². The van der Waals surface area contributed by atoms with E-state index in [2.05, 4.69) is 41.2 Å². The van der Waals surface area contributed by atoms with Crippen molar-refractivity contribution in [1.29, 1.82) is 0 Å². The summed E-state index contributed by atoms with van der Waals surface area (Å²) < 4.78 is 0. The van der Waals surface area contributed by atoms with Crippen molar-refractivity contribution >= 4 is 17.7 Å². The van der Waals surface area contributed by atoms with Gasteiger partial charge in [0.1, 0.15) is 5.69 Å². The van der Waals surface area contributed by atoms with E-state index in [4.69, 9.17) is 0 Å². The molecule has 0 radical (unpaired) electrons. The van der Waals surface area contributed by atoms with Crippen LogP contribution in [-0.2, 0) is 0 Å². The third-order valence-corrected chi connectivity index (χ3v) is 5.30. The summed E-state index contributed by atoms with van der Waals surface area (Å²) in [6.45, 7) is 3.55. The summed E-state index contributed by atoms with van der Waals surface area (Å²) in [6, 6.07) is 8.43. The third kappa shape index (κ3) is 3.11. The third-order valence-electron chi connectivity index (χ3n) is 3.99. The zero-order chi connectivity index (χ0) is 15.5. The lowest BCUT2D eigenvalue weighted by Gasteiger charge is -2.19. The Kier molecular flexibility index (Phi) is 4.38. The van der Waals surface area contributed by atoms with Crippen LogP contribution in [-0.4, -0.2) is 39.6 Å². The van der Waals surface area contributed by atoms with Gasteiger partial charge in [0.25, 0.3) is 5.91 Å². The maximum atomic E-state index is 12.4. The standard InChI is InChI=1S/C16H19N3O2S/c1-11-4-2-3-5-12(11)14-6-7-19(8-9-22-14)15(20)13-10-17-16(21)18-13/h2-5,10,14H,6-9H2,1H3,(H2,17,18,21)/t14-/m0/s1. The van der Waals surface area contributed by atoms with Crippen molar-refractivity contribution in [2.24, 2.45) is 0 Å². The molecule has 6 heteroatoms. The van der Waals surface area contributed by atoms with E-state index in [1.165, 1.54) is 17.3 Å². The summed E-state index contributed by atoms with van der Waals surface area (Å²) >= 11 is 1.90. The van der Waals surface area contributed by atoms with Crippen molar-refractivity contribution in [2.75, 3.05) is 18.8 Å². The van der Waals surface area contributed by atoms with Gasteiger partial charge >= 0.3 is 5.69 Å². The molecule has 1 aliphatic heterocycles. The van der Waals surface area contributed by atoms with Gasteiger partial charge in [-0.1, -0.05) is 24.3 Å². The Morgan fingerprint density at radius 3 is 2.86 bits per heavy atom. The number of carbonyl (C=O) groups excluding carboxylic acids is 1. The van der Waals surface area contributed by atoms with Crippen molar-refractivity contribution in [3.8, 4) is 0 Å². The van der Waals surface area contributed by atoms with E-state index in [0.717, 1.165) is 12.2 Å². The van der Waals surface area contributed by atoms with Crippen LogP contribution in [0, 0.1) is 6.92 Å². The Morgan fingerprint density at radius 1 is 1.32 bits per heavy atom. The predicted molar refractivity (Wildman–Crippen MR) is 88.3 cm³/mol. The second-order valence-electron chi connectivity index (χ2n) is 5.45. The molecule has 0 bridgehead atoms. The van der Waals surface area contributed by atoms with Gasteiger partial charge in [-0.25, -0.2) is 4.79 Å². The lowest BCUT2D eigenvalue weighted by molar-refractivity contribution is 0.0761. The normalized spacial score (nSPS) is 19.0. The number of amides is 1. The molecular formula is C16H19N3O2S. The smallest absolute Gasteiger partial charge is 0.323 e. The Hall–Kier alpha value is -1.95. The van der Waals surface area contributed by atoms with Crippen molar-refractivity contribution in [3.63, 3.8) is 0 Å². The molecule has 116 valence electrons. The quantitative estimate of drug-likeness (QED) is 0.893. The van der Waals surface area contributed by atoms with Crippen LogP contribution in [0.1, 0.15) is 33.3 Å². The summed E-state index contributed by atoms with van der Waals surface area (Å²) in [5, 5.41) is 0.421. The lowest BCUT2D eigenvalue weighted by Crippen LogP contribution is -2.33. The first-order valence-corrected chi connectivity index (χ1v) is 8.44. The maximum Gasteiger partial charge on any atom is 0.323 e. The molecule has 1 fully saturated rings. The van der Waals surface area contributed by atoms with Crippen LogP contribution >= 0.6 is 11.8 Å². The molecule has 1 saturated heterocycles. The first-order valence-electron chi connectivity index (χ1n) is 7.39. The molecule has 2 aromatic rings. The molecule has 1 aromatic heterocycles. The van der Waals surface area contributed by atoms with Gasteiger partial charge in [-0.15, -0.1) is 0 Å². The van der Waals surface area contributed by atoms with Crippen LogP contribution < -0.4 is 5.69 Å². The molecule has 22 heavy (non-hydrogen) atoms. The van der Waals surface area contributed by atoms with E-state index < -0.39 is 0 Å². The fraction of sp³-hybridized carbons (Fsp3) is 0.375. The highest BCUT2D eigenvalue weighted by molar-refractivity contribution is 7.99. The molecule has 1 atom stereocenters. The van der Waals surface area contributed by atoms with Crippen molar-refractivity contribution < 1.29 is 4.79 Å². The highest BCUT2D eigenvalue weighted by Crippen LogP contribution is 2.36. The Morgan fingerprint density at radius 2 is 2.14 bits per heavy atom. The van der Waals surface area contributed by atoms with Crippen LogP contribution in [0.3, 0.4) is 0 Å².